The number of hydrogen-bond acceptors (Lipinski definition) is 4. The van der Waals surface area contributed by atoms with Gasteiger partial charge in [0, 0.05) is 41.8 Å². The molecule has 0 bridgehead atoms. The van der Waals surface area contributed by atoms with Crippen LogP contribution in [0, 0.1) is 0 Å². The molecule has 142 valence electrons. The first kappa shape index (κ1) is 18.9. The lowest BCUT2D eigenvalue weighted by molar-refractivity contribution is -0.130. The summed E-state index contributed by atoms with van der Waals surface area (Å²) in [5.74, 6) is 0.121. The van der Waals surface area contributed by atoms with E-state index in [2.05, 4.69) is 15.2 Å². The molecule has 0 radical (unpaired) electrons. The van der Waals surface area contributed by atoms with Gasteiger partial charge in [0.1, 0.15) is 5.75 Å². The summed E-state index contributed by atoms with van der Waals surface area (Å²) in [4.78, 5) is 29.1. The lowest BCUT2D eigenvalue weighted by Gasteiger charge is -2.15. The highest BCUT2D eigenvalue weighted by molar-refractivity contribution is 5.96. The van der Waals surface area contributed by atoms with Gasteiger partial charge in [0.15, 0.2) is 0 Å². The molecule has 0 spiro atoms. The molecule has 1 aromatic carbocycles. The average Bonchev–Trinajstić information content (AvgIpc) is 3.04. The molecule has 1 aromatic heterocycles. The van der Waals surface area contributed by atoms with E-state index >= 15 is 0 Å². The van der Waals surface area contributed by atoms with Gasteiger partial charge in [-0.05, 0) is 57.1 Å². The Morgan fingerprint density at radius 1 is 1.22 bits per heavy atom. The van der Waals surface area contributed by atoms with Crippen molar-refractivity contribution >= 4 is 22.8 Å². The molecule has 6 nitrogen and oxygen atoms in total. The number of esters is 1. The third kappa shape index (κ3) is 4.65. The van der Waals surface area contributed by atoms with E-state index in [-0.39, 0.29) is 11.9 Å². The minimum Gasteiger partial charge on any atom is -0.422 e. The van der Waals surface area contributed by atoms with E-state index in [1.54, 1.807) is 12.2 Å². The fourth-order valence-corrected chi connectivity index (χ4v) is 3.15. The van der Waals surface area contributed by atoms with Crippen LogP contribution in [-0.4, -0.2) is 42.4 Å². The zero-order valence-corrected chi connectivity index (χ0v) is 16.0. The van der Waals surface area contributed by atoms with Gasteiger partial charge in [-0.3, -0.25) is 4.79 Å². The first-order valence-corrected chi connectivity index (χ1v) is 9.07. The number of nitrogens with one attached hydrogen (secondary N) is 2. The van der Waals surface area contributed by atoms with Crippen LogP contribution in [0.4, 0.5) is 0 Å². The van der Waals surface area contributed by atoms with Gasteiger partial charge < -0.3 is 19.9 Å². The number of aromatic amines is 1. The van der Waals surface area contributed by atoms with E-state index in [0.29, 0.717) is 24.2 Å². The maximum absolute atomic E-state index is 12.6. The van der Waals surface area contributed by atoms with Crippen molar-refractivity contribution in [1.29, 1.82) is 0 Å². The molecule has 0 unspecified atom stereocenters. The van der Waals surface area contributed by atoms with Crippen LogP contribution in [-0.2, 0) is 16.0 Å². The summed E-state index contributed by atoms with van der Waals surface area (Å²) in [6.07, 6.45) is 7.49. The number of amides is 1. The van der Waals surface area contributed by atoms with E-state index in [1.807, 2.05) is 38.5 Å². The van der Waals surface area contributed by atoms with Crippen molar-refractivity contribution in [2.45, 2.75) is 26.2 Å². The number of benzene rings is 1. The number of rotatable bonds is 6. The lowest BCUT2D eigenvalue weighted by atomic mass is 10.0. The van der Waals surface area contributed by atoms with Crippen molar-refractivity contribution in [1.82, 2.24) is 15.2 Å². The van der Waals surface area contributed by atoms with E-state index in [0.717, 1.165) is 35.1 Å². The van der Waals surface area contributed by atoms with Crippen LogP contribution in [0.2, 0.25) is 0 Å². The second-order valence-corrected chi connectivity index (χ2v) is 7.00. The van der Waals surface area contributed by atoms with Crippen LogP contribution in [0.3, 0.4) is 0 Å². The molecule has 6 heteroatoms. The Morgan fingerprint density at radius 3 is 2.70 bits per heavy atom. The molecule has 27 heavy (non-hydrogen) atoms. The van der Waals surface area contributed by atoms with Crippen LogP contribution >= 0.6 is 0 Å². The smallest absolute Gasteiger partial charge is 0.339 e. The third-order valence-electron chi connectivity index (χ3n) is 4.53. The zero-order valence-electron chi connectivity index (χ0n) is 16.0. The SMILES string of the molecule is CC(=O)NC1=CC=C(C(=O)Oc2cccc3[nH]cc(CCN(C)C)c23)CC1. The third-order valence-corrected chi connectivity index (χ3v) is 4.53. The van der Waals surface area contributed by atoms with Gasteiger partial charge in [0.05, 0.1) is 0 Å². The Kier molecular flexibility index (Phi) is 5.76. The van der Waals surface area contributed by atoms with Crippen molar-refractivity contribution in [2.24, 2.45) is 0 Å². The molecule has 2 aromatic rings. The molecule has 0 aliphatic heterocycles. The molecule has 3 rings (SSSR count). The van der Waals surface area contributed by atoms with Gasteiger partial charge in [-0.15, -0.1) is 0 Å². The normalized spacial score (nSPS) is 14.1. The molecular formula is C21H25N3O3. The van der Waals surface area contributed by atoms with E-state index < -0.39 is 0 Å². The fraction of sp³-hybridized carbons (Fsp3) is 0.333. The summed E-state index contributed by atoms with van der Waals surface area (Å²) in [6, 6.07) is 5.69. The Balaban J connectivity index is 1.79. The molecule has 1 heterocycles. The van der Waals surface area contributed by atoms with Gasteiger partial charge in [-0.25, -0.2) is 4.79 Å². The monoisotopic (exact) mass is 367 g/mol. The standard InChI is InChI=1S/C21H25N3O3/c1-14(25)23-17-9-7-15(8-10-17)21(26)27-19-6-4-5-18-20(19)16(13-22-18)11-12-24(2)3/h4-7,9,13,22H,8,10-12H2,1-3H3,(H,23,25). The zero-order chi connectivity index (χ0) is 19.4. The van der Waals surface area contributed by atoms with Crippen molar-refractivity contribution in [3.63, 3.8) is 0 Å². The number of nitrogens with zero attached hydrogens (tertiary/aromatic N) is 1. The largest absolute Gasteiger partial charge is 0.422 e. The summed E-state index contributed by atoms with van der Waals surface area (Å²) < 4.78 is 5.73. The Bertz CT molecular complexity index is 922. The van der Waals surface area contributed by atoms with Crippen LogP contribution in [0.25, 0.3) is 10.9 Å². The molecule has 1 aliphatic rings. The number of fused-ring (bicyclic) bond motifs is 1. The van der Waals surface area contributed by atoms with Gasteiger partial charge in [-0.2, -0.15) is 0 Å². The Labute approximate surface area is 158 Å². The topological polar surface area (TPSA) is 74.4 Å². The van der Waals surface area contributed by atoms with Crippen LogP contribution in [0.15, 0.2) is 47.8 Å². The number of likely N-dealkylation sites (N-methyl/N-ethyl adjacent to an activating group) is 1. The highest BCUT2D eigenvalue weighted by atomic mass is 16.5. The number of aromatic nitrogens is 1. The lowest BCUT2D eigenvalue weighted by Crippen LogP contribution is -2.21. The highest BCUT2D eigenvalue weighted by Gasteiger charge is 2.18. The van der Waals surface area contributed by atoms with Crippen LogP contribution in [0.1, 0.15) is 25.3 Å². The molecule has 2 N–H and O–H groups in total. The Morgan fingerprint density at radius 2 is 2.04 bits per heavy atom. The first-order valence-electron chi connectivity index (χ1n) is 9.07. The fourth-order valence-electron chi connectivity index (χ4n) is 3.15. The molecule has 0 fully saturated rings. The molecular weight excluding hydrogens is 342 g/mol. The van der Waals surface area contributed by atoms with Crippen molar-refractivity contribution in [3.05, 3.63) is 53.4 Å². The number of allylic oxidation sites excluding steroid dienone is 3. The van der Waals surface area contributed by atoms with Crippen molar-refractivity contribution < 1.29 is 14.3 Å². The molecule has 1 amide bonds. The summed E-state index contributed by atoms with van der Waals surface area (Å²) in [5.41, 5.74) is 3.51. The molecule has 0 atom stereocenters. The number of hydrogen-bond donors (Lipinski definition) is 2. The predicted molar refractivity (Wildman–Crippen MR) is 105 cm³/mol. The van der Waals surface area contributed by atoms with Crippen LogP contribution < -0.4 is 10.1 Å². The van der Waals surface area contributed by atoms with Gasteiger partial charge in [0.25, 0.3) is 0 Å². The summed E-state index contributed by atoms with van der Waals surface area (Å²) in [7, 11) is 4.07. The second kappa shape index (κ2) is 8.22. The molecule has 0 saturated carbocycles. The van der Waals surface area contributed by atoms with Crippen molar-refractivity contribution in [3.8, 4) is 5.75 Å². The summed E-state index contributed by atoms with van der Waals surface area (Å²) in [6.45, 7) is 2.39. The van der Waals surface area contributed by atoms with E-state index in [4.69, 9.17) is 4.74 Å². The minimum atomic E-state index is -0.347. The highest BCUT2D eigenvalue weighted by Crippen LogP contribution is 2.30. The van der Waals surface area contributed by atoms with Gasteiger partial charge in [-0.1, -0.05) is 12.1 Å². The summed E-state index contributed by atoms with van der Waals surface area (Å²) in [5, 5.41) is 3.72. The maximum Gasteiger partial charge on any atom is 0.339 e. The second-order valence-electron chi connectivity index (χ2n) is 7.00. The number of carbonyl (C=O) groups excluding carboxylic acids is 2. The van der Waals surface area contributed by atoms with Gasteiger partial charge in [0.2, 0.25) is 5.91 Å². The molecule has 0 saturated heterocycles. The van der Waals surface area contributed by atoms with E-state index in [1.165, 1.54) is 6.92 Å². The average molecular weight is 367 g/mol. The summed E-state index contributed by atoms with van der Waals surface area (Å²) >= 11 is 0. The predicted octanol–water partition coefficient (Wildman–Crippen LogP) is 2.92. The van der Waals surface area contributed by atoms with Crippen LogP contribution in [0.5, 0.6) is 5.75 Å². The maximum atomic E-state index is 12.6. The van der Waals surface area contributed by atoms with Crippen molar-refractivity contribution in [2.75, 3.05) is 20.6 Å². The quantitative estimate of drug-likeness (QED) is 0.608. The van der Waals surface area contributed by atoms with Gasteiger partial charge >= 0.3 is 5.97 Å². The number of H-pyrrole nitrogens is 1. The minimum absolute atomic E-state index is 0.106. The molecule has 1 aliphatic carbocycles. The van der Waals surface area contributed by atoms with E-state index in [9.17, 15) is 9.59 Å². The number of ether oxygens (including phenoxy) is 1. The Hall–Kier alpha value is -2.86. The first-order chi connectivity index (χ1) is 12.9. The number of carbonyl (C=O) groups is 2.